The highest BCUT2D eigenvalue weighted by molar-refractivity contribution is 5.48. The lowest BCUT2D eigenvalue weighted by atomic mass is 9.61. The van der Waals surface area contributed by atoms with E-state index in [0.29, 0.717) is 6.54 Å². The Morgan fingerprint density at radius 1 is 1.00 bits per heavy atom. The molecule has 2 aliphatic heterocycles. The average molecular weight is 340 g/mol. The number of piperidine rings is 1. The van der Waals surface area contributed by atoms with E-state index in [4.69, 9.17) is 6.57 Å². The lowest BCUT2D eigenvalue weighted by Gasteiger charge is -2.46. The van der Waals surface area contributed by atoms with Crippen LogP contribution in [0.4, 0.5) is 5.69 Å². The molecule has 2 fully saturated rings. The third-order valence-electron chi connectivity index (χ3n) is 6.60. The molecular formula is C22H33N3. The summed E-state index contributed by atoms with van der Waals surface area (Å²) in [6.45, 7) is 20.7. The van der Waals surface area contributed by atoms with Gasteiger partial charge in [0.1, 0.15) is 0 Å². The molecule has 0 aliphatic carbocycles. The van der Waals surface area contributed by atoms with Gasteiger partial charge < -0.3 is 9.74 Å². The van der Waals surface area contributed by atoms with Crippen molar-refractivity contribution in [1.29, 1.82) is 0 Å². The van der Waals surface area contributed by atoms with E-state index in [0.717, 1.165) is 32.5 Å². The van der Waals surface area contributed by atoms with Gasteiger partial charge in [-0.1, -0.05) is 32.9 Å². The van der Waals surface area contributed by atoms with Crippen molar-refractivity contribution >= 4 is 5.69 Å². The standard InChI is InChI=1S/C22H33N3/c1-21(2,3)22(18-23-4)11-15-24(16-12-22)17-19-7-9-20(10-8-19)25-13-5-6-14-25/h7-10H,5-6,11-18H2,1-3H3. The van der Waals surface area contributed by atoms with E-state index in [1.54, 1.807) is 0 Å². The second-order valence-electron chi connectivity index (χ2n) is 8.98. The quantitative estimate of drug-likeness (QED) is 0.727. The second kappa shape index (κ2) is 7.38. The Hall–Kier alpha value is -1.53. The summed E-state index contributed by atoms with van der Waals surface area (Å²) in [6.07, 6.45) is 4.95. The van der Waals surface area contributed by atoms with E-state index in [-0.39, 0.29) is 10.8 Å². The van der Waals surface area contributed by atoms with Crippen LogP contribution in [0.2, 0.25) is 0 Å². The van der Waals surface area contributed by atoms with Crippen molar-refractivity contribution < 1.29 is 0 Å². The average Bonchev–Trinajstić information content (AvgIpc) is 3.11. The molecule has 2 heterocycles. The molecule has 136 valence electrons. The summed E-state index contributed by atoms with van der Waals surface area (Å²) >= 11 is 0. The first-order valence-electron chi connectivity index (χ1n) is 9.83. The van der Waals surface area contributed by atoms with Crippen LogP contribution in [0.5, 0.6) is 0 Å². The number of likely N-dealkylation sites (tertiary alicyclic amines) is 1. The minimum Gasteiger partial charge on any atom is -0.372 e. The van der Waals surface area contributed by atoms with Gasteiger partial charge >= 0.3 is 0 Å². The molecule has 1 aromatic carbocycles. The molecule has 1 aromatic rings. The zero-order valence-corrected chi connectivity index (χ0v) is 16.2. The lowest BCUT2D eigenvalue weighted by molar-refractivity contribution is 0.0173. The molecule has 25 heavy (non-hydrogen) atoms. The molecule has 0 radical (unpaired) electrons. The first kappa shape index (κ1) is 18.3. The number of rotatable bonds is 4. The third-order valence-corrected chi connectivity index (χ3v) is 6.60. The van der Waals surface area contributed by atoms with Crippen LogP contribution in [-0.2, 0) is 6.54 Å². The van der Waals surface area contributed by atoms with Gasteiger partial charge in [0.05, 0.1) is 0 Å². The van der Waals surface area contributed by atoms with Crippen LogP contribution in [0.25, 0.3) is 4.85 Å². The maximum atomic E-state index is 7.37. The fourth-order valence-electron chi connectivity index (χ4n) is 4.48. The van der Waals surface area contributed by atoms with Crippen molar-refractivity contribution in [2.45, 2.75) is 53.0 Å². The van der Waals surface area contributed by atoms with Crippen molar-refractivity contribution in [3.05, 3.63) is 41.2 Å². The minimum atomic E-state index is 0.185. The highest BCUT2D eigenvalue weighted by Gasteiger charge is 2.46. The number of nitrogens with zero attached hydrogens (tertiary/aromatic N) is 3. The summed E-state index contributed by atoms with van der Waals surface area (Å²) in [6, 6.07) is 9.20. The van der Waals surface area contributed by atoms with Gasteiger partial charge in [0.2, 0.25) is 6.54 Å². The van der Waals surface area contributed by atoms with E-state index in [1.807, 2.05) is 0 Å². The molecule has 0 unspecified atom stereocenters. The predicted octanol–water partition coefficient (Wildman–Crippen LogP) is 4.83. The molecule has 0 N–H and O–H groups in total. The molecule has 3 rings (SSSR count). The van der Waals surface area contributed by atoms with Crippen LogP contribution >= 0.6 is 0 Å². The highest BCUT2D eigenvalue weighted by Crippen LogP contribution is 2.47. The largest absolute Gasteiger partial charge is 0.372 e. The highest BCUT2D eigenvalue weighted by atomic mass is 15.1. The molecular weight excluding hydrogens is 306 g/mol. The zero-order chi connectivity index (χ0) is 17.9. The molecule has 3 nitrogen and oxygen atoms in total. The van der Waals surface area contributed by atoms with E-state index in [1.165, 1.54) is 37.2 Å². The van der Waals surface area contributed by atoms with E-state index in [9.17, 15) is 0 Å². The Bertz CT molecular complexity index is 592. The number of anilines is 1. The summed E-state index contributed by atoms with van der Waals surface area (Å²) in [5.74, 6) is 0. The topological polar surface area (TPSA) is 10.8 Å². The van der Waals surface area contributed by atoms with E-state index >= 15 is 0 Å². The van der Waals surface area contributed by atoms with Crippen LogP contribution in [0, 0.1) is 17.4 Å². The number of hydrogen-bond donors (Lipinski definition) is 0. The van der Waals surface area contributed by atoms with E-state index < -0.39 is 0 Å². The maximum absolute atomic E-state index is 7.37. The maximum Gasteiger partial charge on any atom is 0.220 e. The van der Waals surface area contributed by atoms with Crippen LogP contribution in [-0.4, -0.2) is 37.6 Å². The molecule has 0 saturated carbocycles. The smallest absolute Gasteiger partial charge is 0.220 e. The minimum absolute atomic E-state index is 0.185. The normalized spacial score (nSPS) is 21.3. The van der Waals surface area contributed by atoms with E-state index in [2.05, 4.69) is 59.7 Å². The SMILES string of the molecule is [C-]#[N+]CC1(C(C)(C)C)CCN(Cc2ccc(N3CCCC3)cc2)CC1. The molecule has 2 saturated heterocycles. The fourth-order valence-corrected chi connectivity index (χ4v) is 4.48. The van der Waals surface area contributed by atoms with Crippen molar-refractivity contribution in [2.75, 3.05) is 37.6 Å². The van der Waals surface area contributed by atoms with Crippen LogP contribution < -0.4 is 4.90 Å². The van der Waals surface area contributed by atoms with Crippen molar-refractivity contribution in [1.82, 2.24) is 4.90 Å². The van der Waals surface area contributed by atoms with Gasteiger partial charge in [-0.05, 0) is 61.9 Å². The Kier molecular flexibility index (Phi) is 5.39. The Labute approximate surface area is 153 Å². The summed E-state index contributed by atoms with van der Waals surface area (Å²) in [7, 11) is 0. The van der Waals surface area contributed by atoms with Crippen molar-refractivity contribution in [3.8, 4) is 0 Å². The fraction of sp³-hybridized carbons (Fsp3) is 0.682. The van der Waals surface area contributed by atoms with Gasteiger partial charge in [-0.15, -0.1) is 0 Å². The monoisotopic (exact) mass is 339 g/mol. The van der Waals surface area contributed by atoms with Crippen molar-refractivity contribution in [2.24, 2.45) is 10.8 Å². The van der Waals surface area contributed by atoms with Gasteiger partial charge in [0.25, 0.3) is 0 Å². The van der Waals surface area contributed by atoms with Crippen LogP contribution in [0.15, 0.2) is 24.3 Å². The van der Waals surface area contributed by atoms with Gasteiger partial charge in [-0.25, -0.2) is 6.57 Å². The van der Waals surface area contributed by atoms with Crippen molar-refractivity contribution in [3.63, 3.8) is 0 Å². The summed E-state index contributed by atoms with van der Waals surface area (Å²) < 4.78 is 0. The molecule has 0 atom stereocenters. The van der Waals surface area contributed by atoms with Gasteiger partial charge in [0, 0.05) is 30.7 Å². The molecule has 0 aromatic heterocycles. The Balaban J connectivity index is 1.57. The van der Waals surface area contributed by atoms with Gasteiger partial charge in [-0.2, -0.15) is 0 Å². The van der Waals surface area contributed by atoms with Gasteiger partial charge in [0.15, 0.2) is 0 Å². The molecule has 0 spiro atoms. The second-order valence-corrected chi connectivity index (χ2v) is 8.98. The first-order chi connectivity index (χ1) is 11.9. The lowest BCUT2D eigenvalue weighted by Crippen LogP contribution is -2.47. The molecule has 0 amide bonds. The number of hydrogen-bond acceptors (Lipinski definition) is 2. The first-order valence-corrected chi connectivity index (χ1v) is 9.83. The molecule has 0 bridgehead atoms. The molecule has 3 heteroatoms. The Morgan fingerprint density at radius 2 is 1.60 bits per heavy atom. The summed E-state index contributed by atoms with van der Waals surface area (Å²) in [5, 5.41) is 0. The third kappa shape index (κ3) is 4.01. The summed E-state index contributed by atoms with van der Waals surface area (Å²) in [5.41, 5.74) is 3.19. The number of benzene rings is 1. The van der Waals surface area contributed by atoms with Gasteiger partial charge in [-0.3, -0.25) is 4.90 Å². The summed E-state index contributed by atoms with van der Waals surface area (Å²) in [4.78, 5) is 8.84. The Morgan fingerprint density at radius 3 is 2.12 bits per heavy atom. The van der Waals surface area contributed by atoms with Crippen LogP contribution in [0.3, 0.4) is 0 Å². The van der Waals surface area contributed by atoms with Crippen LogP contribution in [0.1, 0.15) is 52.0 Å². The molecule has 2 aliphatic rings. The predicted molar refractivity (Wildman–Crippen MR) is 106 cm³/mol. The zero-order valence-electron chi connectivity index (χ0n) is 16.2.